The fourth-order valence-corrected chi connectivity index (χ4v) is 4.53. The second kappa shape index (κ2) is 16.2. The van der Waals surface area contributed by atoms with Crippen LogP contribution in [-0.2, 0) is 6.42 Å². The average Bonchev–Trinajstić information content (AvgIpc) is 3.05. The van der Waals surface area contributed by atoms with E-state index < -0.39 is 0 Å². The zero-order chi connectivity index (χ0) is 17.6. The van der Waals surface area contributed by atoms with Gasteiger partial charge in [0.2, 0.25) is 0 Å². The average molecular weight is 366 g/mol. The monoisotopic (exact) mass is 365 g/mol. The van der Waals surface area contributed by atoms with Gasteiger partial charge in [-0.2, -0.15) is 0 Å². The van der Waals surface area contributed by atoms with Crippen LogP contribution in [0.25, 0.3) is 0 Å². The van der Waals surface area contributed by atoms with Crippen molar-refractivity contribution in [1.82, 2.24) is 0 Å². The normalized spacial score (nSPS) is 15.7. The van der Waals surface area contributed by atoms with Gasteiger partial charge in [0.05, 0.1) is 0 Å². The van der Waals surface area contributed by atoms with E-state index in [1.807, 2.05) is 0 Å². The Labute approximate surface area is 186 Å². The number of fused-ring (bicyclic) bond motifs is 1. The molecule has 2 rings (SSSR count). The Morgan fingerprint density at radius 3 is 1.77 bits per heavy atom. The summed E-state index contributed by atoms with van der Waals surface area (Å²) in [4.78, 5) is 0. The molecule has 0 amide bonds. The van der Waals surface area contributed by atoms with Gasteiger partial charge < -0.3 is 0 Å². The largest absolute Gasteiger partial charge is 0.0654 e. The number of unbranched alkanes of at least 4 members (excludes halogenated alkanes) is 13. The molecule has 1 aliphatic rings. The van der Waals surface area contributed by atoms with E-state index in [-0.39, 0.29) is 29.6 Å². The number of hydrogen-bond acceptors (Lipinski definition) is 0. The van der Waals surface area contributed by atoms with Gasteiger partial charge in [-0.3, -0.25) is 0 Å². The first kappa shape index (κ1) is 24.3. The first-order valence-electron chi connectivity index (χ1n) is 11.5. The molecule has 0 N–H and O–H groups in total. The van der Waals surface area contributed by atoms with Gasteiger partial charge in [0, 0.05) is 29.6 Å². The Balaban J connectivity index is 0.00000338. The molecule has 26 heavy (non-hydrogen) atoms. The van der Waals surface area contributed by atoms with Crippen LogP contribution >= 0.6 is 0 Å². The van der Waals surface area contributed by atoms with Crippen LogP contribution in [-0.4, -0.2) is 29.6 Å². The third-order valence-electron chi connectivity index (χ3n) is 6.16. The van der Waals surface area contributed by atoms with Gasteiger partial charge in [-0.05, 0) is 36.3 Å². The Kier molecular flexibility index (Phi) is 15.1. The van der Waals surface area contributed by atoms with Gasteiger partial charge in [0.25, 0.3) is 0 Å². The molecule has 1 atom stereocenters. The summed E-state index contributed by atoms with van der Waals surface area (Å²) < 4.78 is 0. The summed E-state index contributed by atoms with van der Waals surface area (Å²) >= 11 is 0. The van der Waals surface area contributed by atoms with Crippen LogP contribution in [0.5, 0.6) is 0 Å². The first-order chi connectivity index (χ1) is 12.4. The molecule has 0 bridgehead atoms. The molecule has 0 aromatic heterocycles. The van der Waals surface area contributed by atoms with Crippen molar-refractivity contribution >= 4 is 29.6 Å². The van der Waals surface area contributed by atoms with Crippen LogP contribution in [0.2, 0.25) is 0 Å². The molecule has 1 aromatic rings. The van der Waals surface area contributed by atoms with E-state index in [2.05, 4.69) is 31.2 Å². The van der Waals surface area contributed by atoms with Crippen LogP contribution in [0.3, 0.4) is 0 Å². The molecule has 1 unspecified atom stereocenters. The van der Waals surface area contributed by atoms with Crippen molar-refractivity contribution in [3.63, 3.8) is 0 Å². The molecule has 0 aliphatic heterocycles. The Morgan fingerprint density at radius 2 is 1.19 bits per heavy atom. The van der Waals surface area contributed by atoms with Crippen molar-refractivity contribution in [3.8, 4) is 0 Å². The SMILES string of the molecule is CCCCCCCCCCCCCCCCC1CCc2ccccc21.[Na]. The first-order valence-corrected chi connectivity index (χ1v) is 11.5. The number of hydrogen-bond donors (Lipinski definition) is 0. The maximum Gasteiger partial charge on any atom is 0 e. The molecule has 0 fully saturated rings. The van der Waals surface area contributed by atoms with Crippen LogP contribution in [0, 0.1) is 0 Å². The van der Waals surface area contributed by atoms with Crippen LogP contribution in [0.1, 0.15) is 127 Å². The van der Waals surface area contributed by atoms with Crippen molar-refractivity contribution in [2.24, 2.45) is 0 Å². The van der Waals surface area contributed by atoms with Gasteiger partial charge in [0.1, 0.15) is 0 Å². The molecule has 1 radical (unpaired) electrons. The Bertz CT molecular complexity index is 440. The quantitative estimate of drug-likeness (QED) is 0.217. The van der Waals surface area contributed by atoms with E-state index in [0.29, 0.717) is 0 Å². The zero-order valence-corrected chi connectivity index (χ0v) is 19.9. The Hall–Kier alpha value is 0.220. The molecule has 0 heterocycles. The van der Waals surface area contributed by atoms with Crippen LogP contribution < -0.4 is 0 Å². The molecule has 0 nitrogen and oxygen atoms in total. The van der Waals surface area contributed by atoms with Crippen LogP contribution in [0.15, 0.2) is 24.3 Å². The third-order valence-corrected chi connectivity index (χ3v) is 6.16. The van der Waals surface area contributed by atoms with E-state index in [4.69, 9.17) is 0 Å². The summed E-state index contributed by atoms with van der Waals surface area (Å²) in [6.45, 7) is 2.30. The predicted octanol–water partition coefficient (Wildman–Crippen LogP) is 8.21. The zero-order valence-electron chi connectivity index (χ0n) is 17.9. The summed E-state index contributed by atoms with van der Waals surface area (Å²) in [7, 11) is 0. The standard InChI is InChI=1S/C25H42.Na/c1-2-3-4-5-6-7-8-9-10-11-12-13-14-15-18-23-21-22-24-19-16-17-20-25(23)24;/h16-17,19-20,23H,2-15,18,21-22H2,1H3;. The fraction of sp³-hybridized carbons (Fsp3) is 0.760. The number of benzene rings is 1. The molecule has 1 aliphatic carbocycles. The van der Waals surface area contributed by atoms with Crippen molar-refractivity contribution < 1.29 is 0 Å². The minimum atomic E-state index is 0. The van der Waals surface area contributed by atoms with Gasteiger partial charge in [0.15, 0.2) is 0 Å². The van der Waals surface area contributed by atoms with Gasteiger partial charge in [-0.1, -0.05) is 121 Å². The van der Waals surface area contributed by atoms with Gasteiger partial charge in [-0.25, -0.2) is 0 Å². The van der Waals surface area contributed by atoms with Crippen molar-refractivity contribution in [2.75, 3.05) is 0 Å². The molecular weight excluding hydrogens is 323 g/mol. The summed E-state index contributed by atoms with van der Waals surface area (Å²) in [6.07, 6.45) is 24.6. The maximum absolute atomic E-state index is 2.37. The van der Waals surface area contributed by atoms with E-state index in [1.165, 1.54) is 109 Å². The molecule has 1 heteroatoms. The predicted molar refractivity (Wildman–Crippen MR) is 118 cm³/mol. The van der Waals surface area contributed by atoms with E-state index >= 15 is 0 Å². The molecule has 1 aromatic carbocycles. The molecule has 143 valence electrons. The number of aryl methyl sites for hydroxylation is 1. The minimum absolute atomic E-state index is 0. The third kappa shape index (κ3) is 9.95. The fourth-order valence-electron chi connectivity index (χ4n) is 4.53. The van der Waals surface area contributed by atoms with Gasteiger partial charge in [-0.15, -0.1) is 0 Å². The molecular formula is C25H42Na. The summed E-state index contributed by atoms with van der Waals surface area (Å²) in [5, 5.41) is 0. The Morgan fingerprint density at radius 1 is 0.692 bits per heavy atom. The topological polar surface area (TPSA) is 0 Å². The molecule has 0 spiro atoms. The second-order valence-electron chi connectivity index (χ2n) is 8.32. The van der Waals surface area contributed by atoms with Crippen molar-refractivity contribution in [2.45, 2.75) is 122 Å². The van der Waals surface area contributed by atoms with E-state index in [1.54, 1.807) is 11.1 Å². The van der Waals surface area contributed by atoms with Crippen molar-refractivity contribution in [1.29, 1.82) is 0 Å². The molecule has 0 saturated heterocycles. The van der Waals surface area contributed by atoms with E-state index in [0.717, 1.165) is 5.92 Å². The number of rotatable bonds is 15. The smallest absolute Gasteiger partial charge is 0 e. The summed E-state index contributed by atoms with van der Waals surface area (Å²) in [6, 6.07) is 9.13. The van der Waals surface area contributed by atoms with E-state index in [9.17, 15) is 0 Å². The molecule has 0 saturated carbocycles. The summed E-state index contributed by atoms with van der Waals surface area (Å²) in [5.41, 5.74) is 3.29. The van der Waals surface area contributed by atoms with Crippen molar-refractivity contribution in [3.05, 3.63) is 35.4 Å². The minimum Gasteiger partial charge on any atom is -0.0654 e. The second-order valence-corrected chi connectivity index (χ2v) is 8.32. The summed E-state index contributed by atoms with van der Waals surface area (Å²) in [5.74, 6) is 0.869. The maximum atomic E-state index is 2.37. The van der Waals surface area contributed by atoms with Crippen LogP contribution in [0.4, 0.5) is 0 Å². The van der Waals surface area contributed by atoms with Gasteiger partial charge >= 0.3 is 0 Å².